The Morgan fingerprint density at radius 2 is 1.33 bits per heavy atom. The standard InChI is InChI=1S/C24H22N2O3S/c1-26(2)23-12-6-11-22-21(23)10-7-13-24(22)30(27,28)25-18-14-16-20(17-15-18)29-19-8-4-3-5-9-19/h3-17,25H,1-2H3. The fraction of sp³-hybridized carbons (Fsp3) is 0.0833. The summed E-state index contributed by atoms with van der Waals surface area (Å²) in [6.45, 7) is 0. The third-order valence-corrected chi connectivity index (χ3v) is 6.16. The first-order chi connectivity index (χ1) is 14.4. The number of nitrogens with zero attached hydrogens (tertiary/aromatic N) is 1. The summed E-state index contributed by atoms with van der Waals surface area (Å²) in [5.74, 6) is 1.35. The minimum absolute atomic E-state index is 0.244. The summed E-state index contributed by atoms with van der Waals surface area (Å²) in [5.41, 5.74) is 1.43. The minimum Gasteiger partial charge on any atom is -0.457 e. The van der Waals surface area contributed by atoms with Crippen molar-refractivity contribution in [1.82, 2.24) is 0 Å². The summed E-state index contributed by atoms with van der Waals surface area (Å²) in [4.78, 5) is 2.21. The molecule has 30 heavy (non-hydrogen) atoms. The van der Waals surface area contributed by atoms with Crippen LogP contribution in [-0.4, -0.2) is 22.5 Å². The van der Waals surface area contributed by atoms with E-state index in [1.165, 1.54) is 0 Å². The Balaban J connectivity index is 1.61. The van der Waals surface area contributed by atoms with Gasteiger partial charge in [0.25, 0.3) is 10.0 Å². The van der Waals surface area contributed by atoms with Crippen LogP contribution in [0.1, 0.15) is 0 Å². The molecule has 0 unspecified atom stereocenters. The van der Waals surface area contributed by atoms with Crippen molar-refractivity contribution in [2.45, 2.75) is 4.90 Å². The van der Waals surface area contributed by atoms with Crippen LogP contribution in [0.3, 0.4) is 0 Å². The van der Waals surface area contributed by atoms with Crippen LogP contribution < -0.4 is 14.4 Å². The van der Waals surface area contributed by atoms with E-state index in [1.54, 1.807) is 36.4 Å². The SMILES string of the molecule is CN(C)c1cccc2c(S(=O)(=O)Nc3ccc(Oc4ccccc4)cc3)cccc12. The molecule has 0 spiro atoms. The molecule has 0 fully saturated rings. The van der Waals surface area contributed by atoms with Gasteiger partial charge < -0.3 is 9.64 Å². The zero-order chi connectivity index (χ0) is 21.1. The lowest BCUT2D eigenvalue weighted by Crippen LogP contribution is -2.14. The normalized spacial score (nSPS) is 11.3. The van der Waals surface area contributed by atoms with Gasteiger partial charge in [0, 0.05) is 36.2 Å². The summed E-state index contributed by atoms with van der Waals surface area (Å²) in [7, 11) is 0.112. The molecule has 0 aromatic heterocycles. The molecule has 4 aromatic carbocycles. The molecule has 0 heterocycles. The number of ether oxygens (including phenoxy) is 1. The molecule has 0 atom stereocenters. The number of hydrogen-bond acceptors (Lipinski definition) is 4. The van der Waals surface area contributed by atoms with Crippen LogP contribution in [0.15, 0.2) is 95.9 Å². The number of para-hydroxylation sites is 1. The van der Waals surface area contributed by atoms with Crippen molar-refractivity contribution in [3.8, 4) is 11.5 Å². The number of sulfonamides is 1. The molecule has 1 N–H and O–H groups in total. The highest BCUT2D eigenvalue weighted by molar-refractivity contribution is 7.93. The van der Waals surface area contributed by atoms with Crippen LogP contribution in [0.25, 0.3) is 10.8 Å². The van der Waals surface area contributed by atoms with E-state index in [0.29, 0.717) is 16.8 Å². The van der Waals surface area contributed by atoms with Gasteiger partial charge in [-0.15, -0.1) is 0 Å². The third-order valence-electron chi connectivity index (χ3n) is 4.72. The first-order valence-electron chi connectivity index (χ1n) is 9.49. The third kappa shape index (κ3) is 4.09. The van der Waals surface area contributed by atoms with Crippen molar-refractivity contribution in [3.63, 3.8) is 0 Å². The number of benzene rings is 4. The Labute approximate surface area is 176 Å². The Morgan fingerprint density at radius 3 is 2.03 bits per heavy atom. The second kappa shape index (κ2) is 8.08. The van der Waals surface area contributed by atoms with Crippen LogP contribution in [0.2, 0.25) is 0 Å². The lowest BCUT2D eigenvalue weighted by atomic mass is 10.1. The molecule has 6 heteroatoms. The number of nitrogens with one attached hydrogen (secondary N) is 1. The maximum absolute atomic E-state index is 13.1. The molecule has 152 valence electrons. The molecule has 0 saturated heterocycles. The fourth-order valence-electron chi connectivity index (χ4n) is 3.31. The van der Waals surface area contributed by atoms with Crippen molar-refractivity contribution < 1.29 is 13.2 Å². The van der Waals surface area contributed by atoms with Gasteiger partial charge in [-0.2, -0.15) is 0 Å². The Hall–Kier alpha value is -3.51. The molecule has 0 amide bonds. The van der Waals surface area contributed by atoms with Crippen molar-refractivity contribution in [1.29, 1.82) is 0 Å². The molecule has 0 radical (unpaired) electrons. The molecule has 5 nitrogen and oxygen atoms in total. The molecule has 0 bridgehead atoms. The van der Waals surface area contributed by atoms with Gasteiger partial charge in [-0.1, -0.05) is 42.5 Å². The van der Waals surface area contributed by atoms with Gasteiger partial charge in [0.05, 0.1) is 4.90 Å². The first kappa shape index (κ1) is 19.8. The molecular weight excluding hydrogens is 396 g/mol. The van der Waals surface area contributed by atoms with E-state index in [9.17, 15) is 8.42 Å². The number of rotatable bonds is 6. The van der Waals surface area contributed by atoms with E-state index in [0.717, 1.165) is 16.8 Å². The van der Waals surface area contributed by atoms with Gasteiger partial charge in [0.2, 0.25) is 0 Å². The second-order valence-corrected chi connectivity index (χ2v) is 8.72. The quantitative estimate of drug-likeness (QED) is 0.449. The highest BCUT2D eigenvalue weighted by Gasteiger charge is 2.18. The topological polar surface area (TPSA) is 58.6 Å². The molecule has 0 aliphatic carbocycles. The summed E-state index contributed by atoms with van der Waals surface area (Å²) in [6.07, 6.45) is 0. The van der Waals surface area contributed by atoms with E-state index >= 15 is 0 Å². The highest BCUT2D eigenvalue weighted by atomic mass is 32.2. The number of hydrogen-bond donors (Lipinski definition) is 1. The maximum atomic E-state index is 13.1. The van der Waals surface area contributed by atoms with Gasteiger partial charge >= 0.3 is 0 Å². The van der Waals surface area contributed by atoms with E-state index < -0.39 is 10.0 Å². The van der Waals surface area contributed by atoms with Crippen LogP contribution >= 0.6 is 0 Å². The van der Waals surface area contributed by atoms with Gasteiger partial charge in [-0.3, -0.25) is 4.72 Å². The predicted molar refractivity (Wildman–Crippen MR) is 122 cm³/mol. The molecule has 4 rings (SSSR count). The van der Waals surface area contributed by atoms with Gasteiger partial charge in [0.15, 0.2) is 0 Å². The minimum atomic E-state index is -3.76. The molecule has 0 saturated carbocycles. The summed E-state index contributed by atoms with van der Waals surface area (Å²) >= 11 is 0. The summed E-state index contributed by atoms with van der Waals surface area (Å²) in [5, 5.41) is 1.57. The van der Waals surface area contributed by atoms with Gasteiger partial charge in [0.1, 0.15) is 11.5 Å². The zero-order valence-electron chi connectivity index (χ0n) is 16.7. The van der Waals surface area contributed by atoms with Crippen molar-refractivity contribution in [2.24, 2.45) is 0 Å². The molecule has 0 aliphatic rings. The fourth-order valence-corrected chi connectivity index (χ4v) is 4.60. The lowest BCUT2D eigenvalue weighted by Gasteiger charge is -2.17. The van der Waals surface area contributed by atoms with E-state index in [-0.39, 0.29) is 4.90 Å². The number of fused-ring (bicyclic) bond motifs is 1. The summed E-state index contributed by atoms with van der Waals surface area (Å²) in [6, 6.07) is 27.2. The average Bonchev–Trinajstić information content (AvgIpc) is 2.74. The lowest BCUT2D eigenvalue weighted by molar-refractivity contribution is 0.483. The molecule has 0 aliphatic heterocycles. The van der Waals surface area contributed by atoms with Crippen LogP contribution in [-0.2, 0) is 10.0 Å². The van der Waals surface area contributed by atoms with Gasteiger partial charge in [-0.25, -0.2) is 8.42 Å². The molecular formula is C24H22N2O3S. The maximum Gasteiger partial charge on any atom is 0.262 e. The monoisotopic (exact) mass is 418 g/mol. The Kier molecular flexibility index (Phi) is 5.33. The molecule has 4 aromatic rings. The van der Waals surface area contributed by atoms with Gasteiger partial charge in [-0.05, 0) is 48.5 Å². The highest BCUT2D eigenvalue weighted by Crippen LogP contribution is 2.31. The van der Waals surface area contributed by atoms with E-state index in [1.807, 2.05) is 73.6 Å². The van der Waals surface area contributed by atoms with Crippen molar-refractivity contribution in [2.75, 3.05) is 23.7 Å². The average molecular weight is 419 g/mol. The van der Waals surface area contributed by atoms with Crippen LogP contribution in [0, 0.1) is 0 Å². The van der Waals surface area contributed by atoms with E-state index in [2.05, 4.69) is 4.72 Å². The smallest absolute Gasteiger partial charge is 0.262 e. The van der Waals surface area contributed by atoms with E-state index in [4.69, 9.17) is 4.74 Å². The second-order valence-electron chi connectivity index (χ2n) is 7.07. The predicted octanol–water partition coefficient (Wildman–Crippen LogP) is 5.50. The Bertz CT molecular complexity index is 1270. The van der Waals surface area contributed by atoms with Crippen LogP contribution in [0.5, 0.6) is 11.5 Å². The summed E-state index contributed by atoms with van der Waals surface area (Å²) < 4.78 is 34.7. The number of anilines is 2. The Morgan fingerprint density at radius 1 is 0.700 bits per heavy atom. The van der Waals surface area contributed by atoms with Crippen LogP contribution in [0.4, 0.5) is 11.4 Å². The zero-order valence-corrected chi connectivity index (χ0v) is 17.6. The van der Waals surface area contributed by atoms with Crippen molar-refractivity contribution >= 4 is 32.2 Å². The van der Waals surface area contributed by atoms with Crippen molar-refractivity contribution in [3.05, 3.63) is 91.0 Å². The largest absolute Gasteiger partial charge is 0.457 e. The first-order valence-corrected chi connectivity index (χ1v) is 11.0.